The van der Waals surface area contributed by atoms with E-state index in [2.05, 4.69) is 5.32 Å². The third-order valence-electron chi connectivity index (χ3n) is 6.03. The van der Waals surface area contributed by atoms with Crippen molar-refractivity contribution in [2.75, 3.05) is 5.32 Å². The van der Waals surface area contributed by atoms with Gasteiger partial charge in [-0.3, -0.25) is 4.79 Å². The minimum atomic E-state index is -4.84. The van der Waals surface area contributed by atoms with Gasteiger partial charge in [0.25, 0.3) is 5.56 Å². The lowest BCUT2D eigenvalue weighted by Crippen LogP contribution is -2.29. The van der Waals surface area contributed by atoms with Crippen molar-refractivity contribution < 1.29 is 13.2 Å². The quantitative estimate of drug-likeness (QED) is 0.326. The Hall–Kier alpha value is -4.31. The Labute approximate surface area is 207 Å². The summed E-state index contributed by atoms with van der Waals surface area (Å²) in [4.78, 5) is 13.2. The first-order valence-electron chi connectivity index (χ1n) is 11.3. The van der Waals surface area contributed by atoms with Crippen LogP contribution in [0.5, 0.6) is 0 Å². The van der Waals surface area contributed by atoms with Gasteiger partial charge >= 0.3 is 6.18 Å². The monoisotopic (exact) mass is 487 g/mol. The molecule has 1 N–H and O–H groups in total. The van der Waals surface area contributed by atoms with E-state index in [0.717, 1.165) is 39.7 Å². The van der Waals surface area contributed by atoms with E-state index in [1.54, 1.807) is 24.3 Å². The average molecular weight is 488 g/mol. The number of halogens is 3. The molecule has 0 atom stereocenters. The standard InChI is InChI=1S/C29H24F3N3O/c1-18-5-4-6-24(14-18)34-23-11-9-21(10-12-23)27-15-26(29(30,31)32)25(16-33)28(36)35(27)17-22-8-7-19(2)13-20(22)3/h4-15,34H,17H2,1-3H3. The van der Waals surface area contributed by atoms with E-state index < -0.39 is 22.9 Å². The molecule has 0 spiro atoms. The zero-order valence-corrected chi connectivity index (χ0v) is 20.1. The van der Waals surface area contributed by atoms with Crippen LogP contribution < -0.4 is 10.9 Å². The van der Waals surface area contributed by atoms with E-state index >= 15 is 0 Å². The van der Waals surface area contributed by atoms with Crippen molar-refractivity contribution in [3.8, 4) is 17.3 Å². The van der Waals surface area contributed by atoms with Crippen LogP contribution in [0.25, 0.3) is 11.3 Å². The molecule has 0 saturated heterocycles. The zero-order valence-electron chi connectivity index (χ0n) is 20.1. The molecule has 4 rings (SSSR count). The first-order valence-corrected chi connectivity index (χ1v) is 11.3. The van der Waals surface area contributed by atoms with Crippen molar-refractivity contribution in [1.82, 2.24) is 4.57 Å². The number of pyridine rings is 1. The van der Waals surface area contributed by atoms with Gasteiger partial charge in [0, 0.05) is 11.4 Å². The second kappa shape index (κ2) is 9.74. The summed E-state index contributed by atoms with van der Waals surface area (Å²) in [6, 6.07) is 22.7. The van der Waals surface area contributed by atoms with E-state index in [9.17, 15) is 23.2 Å². The van der Waals surface area contributed by atoms with Crippen LogP contribution in [0, 0.1) is 32.1 Å². The van der Waals surface area contributed by atoms with Gasteiger partial charge in [0.2, 0.25) is 0 Å². The summed E-state index contributed by atoms with van der Waals surface area (Å²) in [7, 11) is 0. The van der Waals surface area contributed by atoms with Gasteiger partial charge in [-0.15, -0.1) is 0 Å². The Kier molecular flexibility index (Phi) is 6.71. The molecular formula is C29H24F3N3O. The van der Waals surface area contributed by atoms with Crippen LogP contribution in [-0.4, -0.2) is 4.57 Å². The van der Waals surface area contributed by atoms with E-state index in [1.165, 1.54) is 10.6 Å². The lowest BCUT2D eigenvalue weighted by molar-refractivity contribution is -0.137. The molecule has 0 aliphatic carbocycles. The number of benzene rings is 3. The Morgan fingerprint density at radius 3 is 2.19 bits per heavy atom. The molecule has 3 aromatic carbocycles. The van der Waals surface area contributed by atoms with Gasteiger partial charge in [-0.05, 0) is 73.4 Å². The van der Waals surface area contributed by atoms with Crippen LogP contribution >= 0.6 is 0 Å². The molecular weight excluding hydrogens is 463 g/mol. The number of aromatic nitrogens is 1. The topological polar surface area (TPSA) is 57.8 Å². The molecule has 0 fully saturated rings. The molecule has 0 aliphatic heterocycles. The van der Waals surface area contributed by atoms with Crippen molar-refractivity contribution in [2.45, 2.75) is 33.5 Å². The molecule has 0 bridgehead atoms. The summed E-state index contributed by atoms with van der Waals surface area (Å²) in [6.45, 7) is 5.84. The summed E-state index contributed by atoms with van der Waals surface area (Å²) in [6.07, 6.45) is -4.84. The third-order valence-corrected chi connectivity index (χ3v) is 6.03. The Balaban J connectivity index is 1.83. The molecule has 0 radical (unpaired) electrons. The lowest BCUT2D eigenvalue weighted by Gasteiger charge is -2.19. The predicted octanol–water partition coefficient (Wildman–Crippen LogP) is 7.12. The van der Waals surface area contributed by atoms with Crippen LogP contribution in [0.3, 0.4) is 0 Å². The van der Waals surface area contributed by atoms with Crippen LogP contribution in [0.1, 0.15) is 33.4 Å². The minimum Gasteiger partial charge on any atom is -0.356 e. The number of rotatable bonds is 5. The minimum absolute atomic E-state index is 0.0381. The van der Waals surface area contributed by atoms with Crippen LogP contribution in [0.4, 0.5) is 24.5 Å². The number of hydrogen-bond acceptors (Lipinski definition) is 3. The first kappa shape index (κ1) is 24.8. The lowest BCUT2D eigenvalue weighted by atomic mass is 10.0. The first-order chi connectivity index (χ1) is 17.1. The van der Waals surface area contributed by atoms with Crippen LogP contribution in [-0.2, 0) is 12.7 Å². The van der Waals surface area contributed by atoms with Gasteiger partial charge in [-0.25, -0.2) is 0 Å². The van der Waals surface area contributed by atoms with E-state index in [4.69, 9.17) is 0 Å². The number of nitrogens with one attached hydrogen (secondary N) is 1. The maximum atomic E-state index is 13.8. The molecule has 1 heterocycles. The maximum absolute atomic E-state index is 13.8. The molecule has 0 amide bonds. The van der Waals surface area contributed by atoms with E-state index in [-0.39, 0.29) is 12.2 Å². The number of nitriles is 1. The second-order valence-corrected chi connectivity index (χ2v) is 8.82. The molecule has 4 nitrogen and oxygen atoms in total. The average Bonchev–Trinajstić information content (AvgIpc) is 2.81. The van der Waals surface area contributed by atoms with Crippen molar-refractivity contribution in [2.24, 2.45) is 0 Å². The van der Waals surface area contributed by atoms with Gasteiger partial charge in [0.1, 0.15) is 11.6 Å². The van der Waals surface area contributed by atoms with Gasteiger partial charge in [0.15, 0.2) is 0 Å². The Bertz CT molecular complexity index is 1530. The molecule has 4 aromatic rings. The Morgan fingerprint density at radius 2 is 1.58 bits per heavy atom. The number of hydrogen-bond donors (Lipinski definition) is 1. The number of nitrogens with zero attached hydrogens (tertiary/aromatic N) is 2. The maximum Gasteiger partial charge on any atom is 0.417 e. The number of aryl methyl sites for hydroxylation is 3. The fourth-order valence-electron chi connectivity index (χ4n) is 4.18. The Morgan fingerprint density at radius 1 is 0.889 bits per heavy atom. The fourth-order valence-corrected chi connectivity index (χ4v) is 4.18. The van der Waals surface area contributed by atoms with Gasteiger partial charge < -0.3 is 9.88 Å². The molecule has 1 aromatic heterocycles. The molecule has 0 saturated carbocycles. The van der Waals surface area contributed by atoms with Crippen molar-refractivity contribution in [3.63, 3.8) is 0 Å². The molecule has 36 heavy (non-hydrogen) atoms. The molecule has 182 valence electrons. The second-order valence-electron chi connectivity index (χ2n) is 8.82. The highest BCUT2D eigenvalue weighted by molar-refractivity contribution is 5.68. The predicted molar refractivity (Wildman–Crippen MR) is 135 cm³/mol. The summed E-state index contributed by atoms with van der Waals surface area (Å²) < 4.78 is 42.7. The third kappa shape index (κ3) is 5.18. The van der Waals surface area contributed by atoms with E-state index in [1.807, 2.05) is 63.2 Å². The summed E-state index contributed by atoms with van der Waals surface area (Å²) in [5.74, 6) is 0. The van der Waals surface area contributed by atoms with Gasteiger partial charge in [-0.1, -0.05) is 48.0 Å². The van der Waals surface area contributed by atoms with E-state index in [0.29, 0.717) is 5.56 Å². The summed E-state index contributed by atoms with van der Waals surface area (Å²) >= 11 is 0. The fraction of sp³-hybridized carbons (Fsp3) is 0.172. The highest BCUT2D eigenvalue weighted by atomic mass is 19.4. The molecule has 0 aliphatic rings. The van der Waals surface area contributed by atoms with Crippen LogP contribution in [0.15, 0.2) is 77.6 Å². The summed E-state index contributed by atoms with van der Waals surface area (Å²) in [5.41, 5.74) is 2.85. The highest BCUT2D eigenvalue weighted by Crippen LogP contribution is 2.34. The zero-order chi connectivity index (χ0) is 26.0. The number of anilines is 2. The van der Waals surface area contributed by atoms with Crippen molar-refractivity contribution >= 4 is 11.4 Å². The SMILES string of the molecule is Cc1cccc(Nc2ccc(-c3cc(C(F)(F)F)c(C#N)c(=O)n3Cc3ccc(C)cc3C)cc2)c1. The molecule has 0 unspecified atom stereocenters. The van der Waals surface area contributed by atoms with Crippen molar-refractivity contribution in [1.29, 1.82) is 5.26 Å². The van der Waals surface area contributed by atoms with Crippen molar-refractivity contribution in [3.05, 3.63) is 117 Å². The normalized spacial score (nSPS) is 11.2. The highest BCUT2D eigenvalue weighted by Gasteiger charge is 2.36. The van der Waals surface area contributed by atoms with Crippen LogP contribution in [0.2, 0.25) is 0 Å². The smallest absolute Gasteiger partial charge is 0.356 e. The molecule has 7 heteroatoms. The number of alkyl halides is 3. The largest absolute Gasteiger partial charge is 0.417 e. The summed E-state index contributed by atoms with van der Waals surface area (Å²) in [5, 5.41) is 12.7. The van der Waals surface area contributed by atoms with Gasteiger partial charge in [0.05, 0.1) is 17.8 Å². The van der Waals surface area contributed by atoms with Gasteiger partial charge in [-0.2, -0.15) is 18.4 Å².